The van der Waals surface area contributed by atoms with Gasteiger partial charge in [0.1, 0.15) is 18.2 Å². The largest absolute Gasteiger partial charge is 0.493 e. The number of benzene rings is 3. The Morgan fingerprint density at radius 1 is 0.966 bits per heavy atom. The van der Waals surface area contributed by atoms with Crippen molar-refractivity contribution in [2.45, 2.75) is 19.6 Å². The Kier molecular flexibility index (Phi) is 7.44. The van der Waals surface area contributed by atoms with Crippen molar-refractivity contribution in [2.24, 2.45) is 0 Å². The van der Waals surface area contributed by atoms with E-state index < -0.39 is 5.82 Å². The molecule has 1 N–H and O–H groups in total. The molecule has 0 aliphatic heterocycles. The van der Waals surface area contributed by atoms with Crippen LogP contribution in [0.15, 0.2) is 60.7 Å². The van der Waals surface area contributed by atoms with Crippen LogP contribution in [0, 0.1) is 11.6 Å². The van der Waals surface area contributed by atoms with E-state index in [0.29, 0.717) is 35.2 Å². The van der Waals surface area contributed by atoms with Crippen LogP contribution in [0.2, 0.25) is 5.02 Å². The third kappa shape index (κ3) is 5.68. The fraction of sp³-hybridized carbons (Fsp3) is 0.217. The maximum absolute atomic E-state index is 14.0. The zero-order valence-corrected chi connectivity index (χ0v) is 16.8. The molecule has 0 unspecified atom stereocenters. The molecule has 0 aromatic heterocycles. The maximum Gasteiger partial charge on any atom is 0.166 e. The third-order valence-electron chi connectivity index (χ3n) is 4.52. The quantitative estimate of drug-likeness (QED) is 0.464. The number of hydrogen-bond donors (Lipinski definition) is 1. The molecule has 0 fully saturated rings. The fourth-order valence-corrected chi connectivity index (χ4v) is 3.16. The minimum absolute atomic E-state index is 0.00550. The average Bonchev–Trinajstić information content (AvgIpc) is 2.72. The van der Waals surface area contributed by atoms with Gasteiger partial charge in [-0.05, 0) is 48.9 Å². The van der Waals surface area contributed by atoms with Crippen LogP contribution in [-0.2, 0) is 19.6 Å². The van der Waals surface area contributed by atoms with Crippen molar-refractivity contribution in [3.05, 3.63) is 94.0 Å². The van der Waals surface area contributed by atoms with Crippen molar-refractivity contribution in [2.75, 3.05) is 13.7 Å². The van der Waals surface area contributed by atoms with E-state index in [4.69, 9.17) is 21.1 Å². The topological polar surface area (TPSA) is 30.5 Å². The molecule has 0 spiro atoms. The lowest BCUT2D eigenvalue weighted by Gasteiger charge is -2.16. The van der Waals surface area contributed by atoms with Gasteiger partial charge in [-0.3, -0.25) is 0 Å². The molecule has 3 aromatic carbocycles. The van der Waals surface area contributed by atoms with E-state index in [2.05, 4.69) is 5.32 Å². The van der Waals surface area contributed by atoms with E-state index in [1.807, 2.05) is 12.1 Å². The molecule has 0 atom stereocenters. The summed E-state index contributed by atoms with van der Waals surface area (Å²) in [6, 6.07) is 16.6. The predicted molar refractivity (Wildman–Crippen MR) is 111 cm³/mol. The minimum Gasteiger partial charge on any atom is -0.493 e. The van der Waals surface area contributed by atoms with Gasteiger partial charge in [-0.2, -0.15) is 0 Å². The van der Waals surface area contributed by atoms with Gasteiger partial charge < -0.3 is 14.8 Å². The SMILES string of the molecule is COc1cccc(CNCCc2ccc(F)cc2)c1OCc1c(F)cccc1Cl. The first-order valence-corrected chi connectivity index (χ1v) is 9.63. The monoisotopic (exact) mass is 417 g/mol. The summed E-state index contributed by atoms with van der Waals surface area (Å²) in [7, 11) is 1.56. The van der Waals surface area contributed by atoms with Crippen LogP contribution in [-0.4, -0.2) is 13.7 Å². The van der Waals surface area contributed by atoms with Crippen LogP contribution in [0.1, 0.15) is 16.7 Å². The van der Waals surface area contributed by atoms with Crippen LogP contribution in [0.3, 0.4) is 0 Å². The number of rotatable bonds is 9. The summed E-state index contributed by atoms with van der Waals surface area (Å²) in [5.74, 6) is 0.458. The molecular weight excluding hydrogens is 396 g/mol. The van der Waals surface area contributed by atoms with E-state index in [9.17, 15) is 8.78 Å². The highest BCUT2D eigenvalue weighted by molar-refractivity contribution is 6.31. The second kappa shape index (κ2) is 10.2. The summed E-state index contributed by atoms with van der Waals surface area (Å²) in [6.45, 7) is 1.24. The lowest BCUT2D eigenvalue weighted by Crippen LogP contribution is -2.17. The van der Waals surface area contributed by atoms with Gasteiger partial charge in [0.05, 0.1) is 12.1 Å². The molecule has 3 rings (SSSR count). The first-order chi connectivity index (χ1) is 14.1. The maximum atomic E-state index is 14.0. The summed E-state index contributed by atoms with van der Waals surface area (Å²) < 4.78 is 38.3. The molecule has 0 radical (unpaired) electrons. The standard InChI is InChI=1S/C23H22ClF2NO2/c1-28-22-7-2-4-17(14-27-13-12-16-8-10-18(25)11-9-16)23(22)29-15-19-20(24)5-3-6-21(19)26/h2-11,27H,12-15H2,1H3. The van der Waals surface area contributed by atoms with Gasteiger partial charge in [0, 0.05) is 17.7 Å². The Labute approximate surface area is 174 Å². The Bertz CT molecular complexity index is 928. The second-order valence-corrected chi connectivity index (χ2v) is 6.90. The molecule has 0 saturated heterocycles. The van der Waals surface area contributed by atoms with Crippen LogP contribution in [0.5, 0.6) is 11.5 Å². The first-order valence-electron chi connectivity index (χ1n) is 9.25. The second-order valence-electron chi connectivity index (χ2n) is 6.49. The van der Waals surface area contributed by atoms with Crippen molar-refractivity contribution in [3.63, 3.8) is 0 Å². The molecule has 0 bridgehead atoms. The van der Waals surface area contributed by atoms with E-state index in [1.54, 1.807) is 37.4 Å². The van der Waals surface area contributed by atoms with Gasteiger partial charge >= 0.3 is 0 Å². The van der Waals surface area contributed by atoms with E-state index in [1.165, 1.54) is 18.2 Å². The average molecular weight is 418 g/mol. The number of ether oxygens (including phenoxy) is 2. The zero-order chi connectivity index (χ0) is 20.6. The third-order valence-corrected chi connectivity index (χ3v) is 4.88. The molecular formula is C23H22ClF2NO2. The van der Waals surface area contributed by atoms with Gasteiger partial charge in [0.2, 0.25) is 0 Å². The van der Waals surface area contributed by atoms with Gasteiger partial charge in [0.15, 0.2) is 11.5 Å². The van der Waals surface area contributed by atoms with Crippen LogP contribution < -0.4 is 14.8 Å². The number of halogens is 3. The zero-order valence-electron chi connectivity index (χ0n) is 16.1. The Morgan fingerprint density at radius 3 is 2.45 bits per heavy atom. The highest BCUT2D eigenvalue weighted by Crippen LogP contribution is 2.32. The molecule has 6 heteroatoms. The van der Waals surface area contributed by atoms with Crippen molar-refractivity contribution < 1.29 is 18.3 Å². The van der Waals surface area contributed by atoms with E-state index in [0.717, 1.165) is 17.5 Å². The van der Waals surface area contributed by atoms with Crippen LogP contribution in [0.4, 0.5) is 8.78 Å². The van der Waals surface area contributed by atoms with Crippen molar-refractivity contribution in [1.82, 2.24) is 5.32 Å². The molecule has 29 heavy (non-hydrogen) atoms. The number of para-hydroxylation sites is 1. The molecule has 0 aliphatic carbocycles. The van der Waals surface area contributed by atoms with Crippen molar-refractivity contribution in [3.8, 4) is 11.5 Å². The molecule has 0 aliphatic rings. The normalized spacial score (nSPS) is 10.8. The van der Waals surface area contributed by atoms with Crippen LogP contribution >= 0.6 is 11.6 Å². The number of methoxy groups -OCH3 is 1. The summed E-state index contributed by atoms with van der Waals surface area (Å²) in [4.78, 5) is 0. The minimum atomic E-state index is -0.411. The van der Waals surface area contributed by atoms with Crippen LogP contribution in [0.25, 0.3) is 0 Å². The summed E-state index contributed by atoms with van der Waals surface area (Å²) >= 11 is 6.09. The number of nitrogens with one attached hydrogen (secondary N) is 1. The Hall–Kier alpha value is -2.63. The van der Waals surface area contributed by atoms with Gasteiger partial charge in [-0.15, -0.1) is 0 Å². The smallest absolute Gasteiger partial charge is 0.166 e. The summed E-state index contributed by atoms with van der Waals surface area (Å²) in [6.07, 6.45) is 0.769. The highest BCUT2D eigenvalue weighted by atomic mass is 35.5. The van der Waals surface area contributed by atoms with Gasteiger partial charge in [-0.25, -0.2) is 8.78 Å². The van der Waals surface area contributed by atoms with Crippen molar-refractivity contribution >= 4 is 11.6 Å². The van der Waals surface area contributed by atoms with Crippen molar-refractivity contribution in [1.29, 1.82) is 0 Å². The first kappa shape index (κ1) is 21.1. The number of hydrogen-bond acceptors (Lipinski definition) is 3. The molecule has 3 aromatic rings. The van der Waals surface area contributed by atoms with E-state index >= 15 is 0 Å². The molecule has 0 amide bonds. The fourth-order valence-electron chi connectivity index (χ4n) is 2.95. The van der Waals surface area contributed by atoms with Gasteiger partial charge in [0.25, 0.3) is 0 Å². The Balaban J connectivity index is 1.65. The summed E-state index contributed by atoms with van der Waals surface area (Å²) in [5, 5.41) is 3.67. The predicted octanol–water partition coefficient (Wildman–Crippen LogP) is 5.54. The molecule has 152 valence electrons. The molecule has 0 saturated carbocycles. The lowest BCUT2D eigenvalue weighted by molar-refractivity contribution is 0.276. The van der Waals surface area contributed by atoms with Gasteiger partial charge in [-0.1, -0.05) is 41.9 Å². The lowest BCUT2D eigenvalue weighted by atomic mass is 10.1. The summed E-state index contributed by atoms with van der Waals surface area (Å²) in [5.41, 5.74) is 2.24. The molecule has 0 heterocycles. The molecule has 3 nitrogen and oxygen atoms in total. The van der Waals surface area contributed by atoms with E-state index in [-0.39, 0.29) is 12.4 Å². The Morgan fingerprint density at radius 2 is 1.72 bits per heavy atom. The highest BCUT2D eigenvalue weighted by Gasteiger charge is 2.13.